The molecular formula is C15H30N2O3. The van der Waals surface area contributed by atoms with E-state index in [9.17, 15) is 4.79 Å². The van der Waals surface area contributed by atoms with Gasteiger partial charge in [0.2, 0.25) is 5.91 Å². The van der Waals surface area contributed by atoms with E-state index in [4.69, 9.17) is 9.47 Å². The maximum absolute atomic E-state index is 11.6. The van der Waals surface area contributed by atoms with Gasteiger partial charge in [-0.05, 0) is 38.3 Å². The summed E-state index contributed by atoms with van der Waals surface area (Å²) in [4.78, 5) is 11.6. The summed E-state index contributed by atoms with van der Waals surface area (Å²) in [5.74, 6) is 0.638. The SMILES string of the molecule is CC(C)COCCCNC(=O)CCOC1CCNCC1. The predicted molar refractivity (Wildman–Crippen MR) is 79.7 cm³/mol. The smallest absolute Gasteiger partial charge is 0.222 e. The zero-order chi connectivity index (χ0) is 14.6. The number of hydrogen-bond donors (Lipinski definition) is 2. The molecule has 1 amide bonds. The van der Waals surface area contributed by atoms with Crippen molar-refractivity contribution in [3.63, 3.8) is 0 Å². The van der Waals surface area contributed by atoms with Crippen LogP contribution in [0.1, 0.15) is 39.5 Å². The van der Waals surface area contributed by atoms with E-state index in [0.29, 0.717) is 38.2 Å². The molecule has 1 heterocycles. The fourth-order valence-electron chi connectivity index (χ4n) is 2.09. The molecule has 1 aliphatic heterocycles. The fourth-order valence-corrected chi connectivity index (χ4v) is 2.09. The van der Waals surface area contributed by atoms with Crippen LogP contribution < -0.4 is 10.6 Å². The first-order valence-corrected chi connectivity index (χ1v) is 7.85. The van der Waals surface area contributed by atoms with Crippen LogP contribution in [-0.4, -0.2) is 51.5 Å². The third-order valence-electron chi connectivity index (χ3n) is 3.21. The van der Waals surface area contributed by atoms with E-state index < -0.39 is 0 Å². The summed E-state index contributed by atoms with van der Waals surface area (Å²) in [6, 6.07) is 0. The molecule has 0 aromatic rings. The highest BCUT2D eigenvalue weighted by molar-refractivity contribution is 5.75. The number of rotatable bonds is 10. The van der Waals surface area contributed by atoms with Crippen molar-refractivity contribution in [2.75, 3.05) is 39.5 Å². The second-order valence-corrected chi connectivity index (χ2v) is 5.74. The average molecular weight is 286 g/mol. The largest absolute Gasteiger partial charge is 0.381 e. The van der Waals surface area contributed by atoms with E-state index in [2.05, 4.69) is 24.5 Å². The molecule has 1 fully saturated rings. The van der Waals surface area contributed by atoms with Gasteiger partial charge in [0.1, 0.15) is 0 Å². The van der Waals surface area contributed by atoms with Crippen molar-refractivity contribution in [2.24, 2.45) is 5.92 Å². The van der Waals surface area contributed by atoms with Gasteiger partial charge >= 0.3 is 0 Å². The molecule has 1 aliphatic rings. The van der Waals surface area contributed by atoms with E-state index in [-0.39, 0.29) is 5.91 Å². The van der Waals surface area contributed by atoms with Crippen LogP contribution >= 0.6 is 0 Å². The molecule has 5 nitrogen and oxygen atoms in total. The zero-order valence-electron chi connectivity index (χ0n) is 13.0. The van der Waals surface area contributed by atoms with Crippen LogP contribution in [-0.2, 0) is 14.3 Å². The number of piperidine rings is 1. The van der Waals surface area contributed by atoms with E-state index >= 15 is 0 Å². The summed E-state index contributed by atoms with van der Waals surface area (Å²) in [6.07, 6.45) is 3.75. The van der Waals surface area contributed by atoms with Crippen molar-refractivity contribution >= 4 is 5.91 Å². The van der Waals surface area contributed by atoms with Gasteiger partial charge in [0.15, 0.2) is 0 Å². The Morgan fingerprint density at radius 3 is 2.75 bits per heavy atom. The van der Waals surface area contributed by atoms with Gasteiger partial charge in [-0.15, -0.1) is 0 Å². The number of ether oxygens (including phenoxy) is 2. The quantitative estimate of drug-likeness (QED) is 0.595. The van der Waals surface area contributed by atoms with Gasteiger partial charge in [-0.3, -0.25) is 4.79 Å². The lowest BCUT2D eigenvalue weighted by atomic mass is 10.1. The van der Waals surface area contributed by atoms with Crippen molar-refractivity contribution in [2.45, 2.75) is 45.6 Å². The summed E-state index contributed by atoms with van der Waals surface area (Å²) in [6.45, 7) is 9.02. The highest BCUT2D eigenvalue weighted by atomic mass is 16.5. The Morgan fingerprint density at radius 1 is 1.30 bits per heavy atom. The monoisotopic (exact) mass is 286 g/mol. The summed E-state index contributed by atoms with van der Waals surface area (Å²) < 4.78 is 11.2. The molecule has 118 valence electrons. The first-order chi connectivity index (χ1) is 9.68. The number of carbonyl (C=O) groups excluding carboxylic acids is 1. The molecule has 0 saturated carbocycles. The van der Waals surface area contributed by atoms with Crippen LogP contribution in [0.5, 0.6) is 0 Å². The van der Waals surface area contributed by atoms with Gasteiger partial charge in [-0.1, -0.05) is 13.8 Å². The van der Waals surface area contributed by atoms with Gasteiger partial charge in [-0.2, -0.15) is 0 Å². The Bertz CT molecular complexity index is 254. The van der Waals surface area contributed by atoms with E-state index in [1.165, 1.54) is 0 Å². The number of nitrogens with one attached hydrogen (secondary N) is 2. The first kappa shape index (κ1) is 17.4. The van der Waals surface area contributed by atoms with Crippen LogP contribution in [0.3, 0.4) is 0 Å². The van der Waals surface area contributed by atoms with Crippen LogP contribution in [0, 0.1) is 5.92 Å². The van der Waals surface area contributed by atoms with Crippen molar-refractivity contribution < 1.29 is 14.3 Å². The van der Waals surface area contributed by atoms with Gasteiger partial charge in [-0.25, -0.2) is 0 Å². The van der Waals surface area contributed by atoms with Crippen molar-refractivity contribution in [3.8, 4) is 0 Å². The number of carbonyl (C=O) groups is 1. The molecule has 2 N–H and O–H groups in total. The van der Waals surface area contributed by atoms with E-state index in [1.807, 2.05) is 0 Å². The molecule has 5 heteroatoms. The van der Waals surface area contributed by atoms with Crippen molar-refractivity contribution in [1.82, 2.24) is 10.6 Å². The fraction of sp³-hybridized carbons (Fsp3) is 0.933. The van der Waals surface area contributed by atoms with Crippen molar-refractivity contribution in [3.05, 3.63) is 0 Å². The molecule has 0 aromatic heterocycles. The Hall–Kier alpha value is -0.650. The molecule has 0 aromatic carbocycles. The van der Waals surface area contributed by atoms with E-state index in [0.717, 1.165) is 39.0 Å². The summed E-state index contributed by atoms with van der Waals surface area (Å²) >= 11 is 0. The van der Waals surface area contributed by atoms with Gasteiger partial charge in [0.25, 0.3) is 0 Å². The Labute approximate surface area is 122 Å². The summed E-state index contributed by atoms with van der Waals surface area (Å²) in [5.41, 5.74) is 0. The highest BCUT2D eigenvalue weighted by Crippen LogP contribution is 2.07. The van der Waals surface area contributed by atoms with Crippen LogP contribution in [0.2, 0.25) is 0 Å². The Morgan fingerprint density at radius 2 is 2.05 bits per heavy atom. The molecule has 0 spiro atoms. The lowest BCUT2D eigenvalue weighted by molar-refractivity contribution is -0.122. The van der Waals surface area contributed by atoms with Crippen LogP contribution in [0.15, 0.2) is 0 Å². The zero-order valence-corrected chi connectivity index (χ0v) is 13.0. The topological polar surface area (TPSA) is 59.6 Å². The summed E-state index contributed by atoms with van der Waals surface area (Å²) in [7, 11) is 0. The molecule has 0 unspecified atom stereocenters. The second kappa shape index (κ2) is 11.1. The molecular weight excluding hydrogens is 256 g/mol. The normalized spacial score (nSPS) is 16.6. The van der Waals surface area contributed by atoms with Crippen LogP contribution in [0.4, 0.5) is 0 Å². The number of hydrogen-bond acceptors (Lipinski definition) is 4. The molecule has 0 bridgehead atoms. The molecule has 20 heavy (non-hydrogen) atoms. The van der Waals surface area contributed by atoms with E-state index in [1.54, 1.807) is 0 Å². The van der Waals surface area contributed by atoms with Gasteiger partial charge in [0.05, 0.1) is 12.7 Å². The average Bonchev–Trinajstić information content (AvgIpc) is 2.43. The Kier molecular flexibility index (Phi) is 9.62. The van der Waals surface area contributed by atoms with Gasteiger partial charge < -0.3 is 20.1 Å². The standard InChI is InChI=1S/C15H30N2O3/c1-13(2)12-19-10-3-7-17-15(18)6-11-20-14-4-8-16-9-5-14/h13-14,16H,3-12H2,1-2H3,(H,17,18). The summed E-state index contributed by atoms with van der Waals surface area (Å²) in [5, 5.41) is 6.19. The molecule has 1 rings (SSSR count). The minimum absolute atomic E-state index is 0.0720. The van der Waals surface area contributed by atoms with Crippen molar-refractivity contribution in [1.29, 1.82) is 0 Å². The Balaban J connectivity index is 1.87. The minimum Gasteiger partial charge on any atom is -0.381 e. The van der Waals surface area contributed by atoms with Crippen LogP contribution in [0.25, 0.3) is 0 Å². The highest BCUT2D eigenvalue weighted by Gasteiger charge is 2.13. The maximum Gasteiger partial charge on any atom is 0.222 e. The molecule has 0 radical (unpaired) electrons. The first-order valence-electron chi connectivity index (χ1n) is 7.85. The number of amides is 1. The minimum atomic E-state index is 0.0720. The second-order valence-electron chi connectivity index (χ2n) is 5.74. The third kappa shape index (κ3) is 9.28. The predicted octanol–water partition coefficient (Wildman–Crippen LogP) is 1.32. The lowest BCUT2D eigenvalue weighted by Crippen LogP contribution is -2.33. The third-order valence-corrected chi connectivity index (χ3v) is 3.21. The maximum atomic E-state index is 11.6. The molecule has 1 saturated heterocycles. The lowest BCUT2D eigenvalue weighted by Gasteiger charge is -2.22. The molecule has 0 atom stereocenters. The van der Waals surface area contributed by atoms with Gasteiger partial charge in [0, 0.05) is 26.2 Å². The molecule has 0 aliphatic carbocycles.